The van der Waals surface area contributed by atoms with Crippen molar-refractivity contribution in [1.29, 1.82) is 0 Å². The van der Waals surface area contributed by atoms with E-state index in [1.807, 2.05) is 0 Å². The maximum absolute atomic E-state index is 11.6. The third kappa shape index (κ3) is 2.64. The summed E-state index contributed by atoms with van der Waals surface area (Å²) in [6, 6.07) is 6.47. The summed E-state index contributed by atoms with van der Waals surface area (Å²) in [6.45, 7) is 0.327. The van der Waals surface area contributed by atoms with Crippen molar-refractivity contribution in [3.05, 3.63) is 46.4 Å². The molecule has 18 heavy (non-hydrogen) atoms. The Morgan fingerprint density at radius 2 is 2.28 bits per heavy atom. The van der Waals surface area contributed by atoms with Crippen molar-refractivity contribution in [2.45, 2.75) is 6.54 Å². The zero-order valence-electron chi connectivity index (χ0n) is 9.83. The van der Waals surface area contributed by atoms with Crippen molar-refractivity contribution in [1.82, 2.24) is 14.8 Å². The van der Waals surface area contributed by atoms with E-state index in [0.29, 0.717) is 18.2 Å². The molecule has 0 aliphatic heterocycles. The molecule has 94 valence electrons. The van der Waals surface area contributed by atoms with Crippen LogP contribution in [0.1, 0.15) is 5.56 Å². The molecule has 0 spiro atoms. The molecular formula is C11H13N5O2. The first-order chi connectivity index (χ1) is 8.72. The summed E-state index contributed by atoms with van der Waals surface area (Å²) in [6.07, 6.45) is 1.61. The molecule has 0 aromatic carbocycles. The molecule has 2 aromatic heterocycles. The Morgan fingerprint density at radius 3 is 3.00 bits per heavy atom. The fraction of sp³-hybridized carbons (Fsp3) is 0.182. The molecule has 0 radical (unpaired) electrons. The molecule has 0 amide bonds. The normalized spacial score (nSPS) is 10.1. The minimum absolute atomic E-state index is 0.199. The van der Waals surface area contributed by atoms with Gasteiger partial charge in [-0.3, -0.25) is 4.79 Å². The summed E-state index contributed by atoms with van der Waals surface area (Å²) in [4.78, 5) is 15.6. The Labute approximate surface area is 103 Å². The van der Waals surface area contributed by atoms with Crippen LogP contribution in [0.25, 0.3) is 0 Å². The molecule has 0 atom stereocenters. The van der Waals surface area contributed by atoms with Crippen molar-refractivity contribution in [2.24, 2.45) is 5.84 Å². The van der Waals surface area contributed by atoms with Gasteiger partial charge in [0.25, 0.3) is 5.56 Å². The summed E-state index contributed by atoms with van der Waals surface area (Å²) in [5.41, 5.74) is 3.11. The van der Waals surface area contributed by atoms with Crippen LogP contribution < -0.4 is 21.6 Å². The maximum Gasteiger partial charge on any atom is 0.267 e. The lowest BCUT2D eigenvalue weighted by Crippen LogP contribution is -2.22. The molecule has 0 aliphatic carbocycles. The Hall–Kier alpha value is -2.41. The highest BCUT2D eigenvalue weighted by Crippen LogP contribution is 2.07. The molecule has 0 saturated heterocycles. The van der Waals surface area contributed by atoms with Gasteiger partial charge in [-0.25, -0.2) is 15.5 Å². The van der Waals surface area contributed by atoms with E-state index in [4.69, 9.17) is 10.6 Å². The van der Waals surface area contributed by atoms with Crippen LogP contribution in [-0.2, 0) is 6.54 Å². The quantitative estimate of drug-likeness (QED) is 0.582. The molecule has 3 N–H and O–H groups in total. The van der Waals surface area contributed by atoms with E-state index in [2.05, 4.69) is 15.5 Å². The number of pyridine rings is 1. The summed E-state index contributed by atoms with van der Waals surface area (Å²) < 4.78 is 6.29. The predicted octanol–water partition coefficient (Wildman–Crippen LogP) is -0.0192. The average Bonchev–Trinajstić information content (AvgIpc) is 2.41. The largest absolute Gasteiger partial charge is 0.480 e. The van der Waals surface area contributed by atoms with Gasteiger partial charge in [-0.2, -0.15) is 0 Å². The van der Waals surface area contributed by atoms with Gasteiger partial charge >= 0.3 is 0 Å². The van der Waals surface area contributed by atoms with Crippen LogP contribution in [0.3, 0.4) is 0 Å². The Bertz CT molecular complexity index is 596. The topological polar surface area (TPSA) is 95.1 Å². The lowest BCUT2D eigenvalue weighted by molar-refractivity contribution is 0.379. The van der Waals surface area contributed by atoms with Gasteiger partial charge in [0.05, 0.1) is 13.7 Å². The zero-order chi connectivity index (χ0) is 13.0. The Kier molecular flexibility index (Phi) is 3.54. The monoisotopic (exact) mass is 247 g/mol. The number of hydrazine groups is 1. The molecule has 0 bridgehead atoms. The van der Waals surface area contributed by atoms with Crippen molar-refractivity contribution >= 4 is 5.82 Å². The molecule has 0 aliphatic rings. The van der Waals surface area contributed by atoms with Crippen LogP contribution in [0.15, 0.2) is 35.3 Å². The van der Waals surface area contributed by atoms with E-state index in [1.54, 1.807) is 18.3 Å². The smallest absolute Gasteiger partial charge is 0.267 e. The summed E-state index contributed by atoms with van der Waals surface area (Å²) in [5, 5.41) is 4.05. The van der Waals surface area contributed by atoms with Crippen LogP contribution in [0.5, 0.6) is 5.88 Å². The summed E-state index contributed by atoms with van der Waals surface area (Å²) >= 11 is 0. The number of aromatic nitrogens is 3. The second-order valence-corrected chi connectivity index (χ2v) is 3.57. The van der Waals surface area contributed by atoms with Gasteiger partial charge in [-0.1, -0.05) is 0 Å². The number of nitrogen functional groups attached to an aromatic ring is 1. The molecule has 2 rings (SSSR count). The minimum atomic E-state index is -0.199. The Balaban J connectivity index is 2.30. The number of nitrogens with one attached hydrogen (secondary N) is 1. The molecule has 7 heteroatoms. The van der Waals surface area contributed by atoms with Crippen LogP contribution in [0, 0.1) is 0 Å². The minimum Gasteiger partial charge on any atom is -0.480 e. The SMILES string of the molecule is COc1ccc(=O)n(Cc2ccnc(NN)c2)n1. The number of ether oxygens (including phenoxy) is 1. The first-order valence-electron chi connectivity index (χ1n) is 5.26. The zero-order valence-corrected chi connectivity index (χ0v) is 9.83. The fourth-order valence-electron chi connectivity index (χ4n) is 1.48. The van der Waals surface area contributed by atoms with E-state index in [-0.39, 0.29) is 5.56 Å². The first kappa shape index (κ1) is 12.1. The number of nitrogens with zero attached hydrogens (tertiary/aromatic N) is 3. The van der Waals surface area contributed by atoms with Gasteiger partial charge in [0.15, 0.2) is 0 Å². The summed E-state index contributed by atoms with van der Waals surface area (Å²) in [5.74, 6) is 6.19. The molecule has 7 nitrogen and oxygen atoms in total. The van der Waals surface area contributed by atoms with Gasteiger partial charge in [0.1, 0.15) is 5.82 Å². The molecule has 0 unspecified atom stereocenters. The van der Waals surface area contributed by atoms with Crippen molar-refractivity contribution in [2.75, 3.05) is 12.5 Å². The number of hydrogen-bond acceptors (Lipinski definition) is 6. The molecule has 2 aromatic rings. The second-order valence-electron chi connectivity index (χ2n) is 3.57. The number of anilines is 1. The van der Waals surface area contributed by atoms with E-state index in [1.165, 1.54) is 23.9 Å². The van der Waals surface area contributed by atoms with Gasteiger partial charge in [0.2, 0.25) is 5.88 Å². The molecule has 0 fully saturated rings. The van der Waals surface area contributed by atoms with Crippen LogP contribution in [0.2, 0.25) is 0 Å². The van der Waals surface area contributed by atoms with Crippen LogP contribution in [-0.4, -0.2) is 21.9 Å². The highest BCUT2D eigenvalue weighted by atomic mass is 16.5. The number of hydrogen-bond donors (Lipinski definition) is 2. The van der Waals surface area contributed by atoms with E-state index >= 15 is 0 Å². The van der Waals surface area contributed by atoms with Crippen molar-refractivity contribution < 1.29 is 4.74 Å². The maximum atomic E-state index is 11.6. The molecule has 2 heterocycles. The van der Waals surface area contributed by atoms with E-state index in [9.17, 15) is 4.79 Å². The van der Waals surface area contributed by atoms with Crippen LogP contribution in [0.4, 0.5) is 5.82 Å². The summed E-state index contributed by atoms with van der Waals surface area (Å²) in [7, 11) is 1.50. The van der Waals surface area contributed by atoms with Gasteiger partial charge in [-0.15, -0.1) is 5.10 Å². The highest BCUT2D eigenvalue weighted by Gasteiger charge is 2.03. The van der Waals surface area contributed by atoms with E-state index < -0.39 is 0 Å². The predicted molar refractivity (Wildman–Crippen MR) is 66.2 cm³/mol. The average molecular weight is 247 g/mol. The number of methoxy groups -OCH3 is 1. The standard InChI is InChI=1S/C11H13N5O2/c1-18-10-2-3-11(17)16(15-10)7-8-4-5-13-9(6-8)14-12/h2-6H,7,12H2,1H3,(H,13,14). The first-order valence-corrected chi connectivity index (χ1v) is 5.26. The van der Waals surface area contributed by atoms with Crippen LogP contribution >= 0.6 is 0 Å². The third-order valence-corrected chi connectivity index (χ3v) is 2.36. The highest BCUT2D eigenvalue weighted by molar-refractivity contribution is 5.35. The number of nitrogens with two attached hydrogens (primary N) is 1. The third-order valence-electron chi connectivity index (χ3n) is 2.36. The van der Waals surface area contributed by atoms with Crippen molar-refractivity contribution in [3.63, 3.8) is 0 Å². The van der Waals surface area contributed by atoms with Gasteiger partial charge in [-0.05, 0) is 17.7 Å². The molecule has 0 saturated carbocycles. The molecular weight excluding hydrogens is 234 g/mol. The van der Waals surface area contributed by atoms with Gasteiger partial charge < -0.3 is 10.2 Å². The lowest BCUT2D eigenvalue weighted by atomic mass is 10.2. The second kappa shape index (κ2) is 5.28. The lowest BCUT2D eigenvalue weighted by Gasteiger charge is -2.07. The van der Waals surface area contributed by atoms with Crippen molar-refractivity contribution in [3.8, 4) is 5.88 Å². The van der Waals surface area contributed by atoms with Gasteiger partial charge in [0, 0.05) is 18.3 Å². The number of rotatable bonds is 4. The van der Waals surface area contributed by atoms with E-state index in [0.717, 1.165) is 5.56 Å². The fourth-order valence-corrected chi connectivity index (χ4v) is 1.48. The Morgan fingerprint density at radius 1 is 1.44 bits per heavy atom.